The number of nitrogens with one attached hydrogen (secondary N) is 1. The zero-order valence-electron chi connectivity index (χ0n) is 12.1. The van der Waals surface area contributed by atoms with Crippen LogP contribution in [0.2, 0.25) is 0 Å². The molecule has 0 saturated carbocycles. The minimum atomic E-state index is -0.0897. The third-order valence-corrected chi connectivity index (χ3v) is 4.28. The summed E-state index contributed by atoms with van der Waals surface area (Å²) < 4.78 is 11.2. The van der Waals surface area contributed by atoms with E-state index in [-0.39, 0.29) is 11.4 Å². The summed E-state index contributed by atoms with van der Waals surface area (Å²) in [5.41, 5.74) is 0.861. The van der Waals surface area contributed by atoms with Gasteiger partial charge in [-0.1, -0.05) is 18.2 Å². The Bertz CT molecular complexity index is 679. The molecule has 0 unspecified atom stereocenters. The predicted molar refractivity (Wildman–Crippen MR) is 78.9 cm³/mol. The fraction of sp³-hybridized carbons (Fsp3) is 0.375. The molecule has 0 radical (unpaired) electrons. The normalized spacial score (nSPS) is 20.6. The van der Waals surface area contributed by atoms with Crippen molar-refractivity contribution in [1.82, 2.24) is 15.2 Å². The Morgan fingerprint density at radius 2 is 2.09 bits per heavy atom. The number of carbonyl (C=O) groups excluding carboxylic acids is 1. The van der Waals surface area contributed by atoms with Gasteiger partial charge in [0.1, 0.15) is 5.76 Å². The zero-order valence-corrected chi connectivity index (χ0v) is 12.1. The van der Waals surface area contributed by atoms with Crippen molar-refractivity contribution in [3.8, 4) is 11.5 Å². The fourth-order valence-corrected chi connectivity index (χ4v) is 2.90. The smallest absolute Gasteiger partial charge is 0.234 e. The molecular weight excluding hydrogens is 282 g/mol. The minimum absolute atomic E-state index is 0.0420. The van der Waals surface area contributed by atoms with E-state index < -0.39 is 0 Å². The first-order chi connectivity index (χ1) is 10.8. The molecule has 22 heavy (non-hydrogen) atoms. The van der Waals surface area contributed by atoms with E-state index in [0.717, 1.165) is 11.3 Å². The second-order valence-corrected chi connectivity index (χ2v) is 5.85. The first-order valence-electron chi connectivity index (χ1n) is 7.35. The molecule has 1 amide bonds. The van der Waals surface area contributed by atoms with Gasteiger partial charge in [-0.25, -0.2) is 4.98 Å². The Morgan fingerprint density at radius 3 is 2.82 bits per heavy atom. The summed E-state index contributed by atoms with van der Waals surface area (Å²) in [5.74, 6) is 1.41. The highest BCUT2D eigenvalue weighted by atomic mass is 16.5. The van der Waals surface area contributed by atoms with Crippen LogP contribution in [-0.4, -0.2) is 47.6 Å². The molecule has 0 bridgehead atoms. The number of rotatable bonds is 3. The maximum absolute atomic E-state index is 11.7. The average molecular weight is 299 g/mol. The monoisotopic (exact) mass is 299 g/mol. The maximum atomic E-state index is 11.7. The molecule has 1 aromatic heterocycles. The Balaban J connectivity index is 1.53. The molecule has 4 rings (SSSR count). The van der Waals surface area contributed by atoms with E-state index >= 15 is 0 Å². The summed E-state index contributed by atoms with van der Waals surface area (Å²) in [6.07, 6.45) is 1.74. The Labute approximate surface area is 128 Å². The fourth-order valence-electron chi connectivity index (χ4n) is 2.90. The second kappa shape index (κ2) is 5.23. The Hall–Kier alpha value is -2.18. The molecule has 1 aromatic carbocycles. The van der Waals surface area contributed by atoms with Gasteiger partial charge >= 0.3 is 0 Å². The number of aromatic nitrogens is 1. The number of nitrogens with zero attached hydrogens (tertiary/aromatic N) is 2. The third kappa shape index (κ3) is 2.30. The zero-order chi connectivity index (χ0) is 15.0. The quantitative estimate of drug-likeness (QED) is 0.917. The molecule has 2 aliphatic heterocycles. The number of ether oxygens (including phenoxy) is 1. The largest absolute Gasteiger partial charge is 0.440 e. The molecule has 0 aliphatic carbocycles. The van der Waals surface area contributed by atoms with Crippen LogP contribution in [0.4, 0.5) is 0 Å². The number of amides is 1. The van der Waals surface area contributed by atoms with Crippen LogP contribution in [0.5, 0.6) is 0 Å². The lowest BCUT2D eigenvalue weighted by atomic mass is 9.92. The van der Waals surface area contributed by atoms with Crippen LogP contribution in [0.25, 0.3) is 11.5 Å². The first kappa shape index (κ1) is 13.5. The van der Waals surface area contributed by atoms with Gasteiger partial charge in [-0.2, -0.15) is 0 Å². The highest BCUT2D eigenvalue weighted by molar-refractivity contribution is 5.79. The molecule has 2 aliphatic rings. The summed E-state index contributed by atoms with van der Waals surface area (Å²) >= 11 is 0. The van der Waals surface area contributed by atoms with E-state index in [2.05, 4.69) is 15.2 Å². The van der Waals surface area contributed by atoms with Crippen LogP contribution in [0.3, 0.4) is 0 Å². The predicted octanol–water partition coefficient (Wildman–Crippen LogP) is 1.04. The molecule has 3 heterocycles. The van der Waals surface area contributed by atoms with E-state index in [1.165, 1.54) is 0 Å². The molecule has 2 aromatic rings. The van der Waals surface area contributed by atoms with Gasteiger partial charge in [-0.3, -0.25) is 9.69 Å². The number of oxazole rings is 1. The molecule has 0 atom stereocenters. The number of carbonyl (C=O) groups is 1. The highest BCUT2D eigenvalue weighted by Gasteiger charge is 2.47. The lowest BCUT2D eigenvalue weighted by Crippen LogP contribution is -2.71. The van der Waals surface area contributed by atoms with Crippen molar-refractivity contribution < 1.29 is 13.9 Å². The van der Waals surface area contributed by atoms with Crippen molar-refractivity contribution >= 4 is 5.91 Å². The molecule has 2 saturated heterocycles. The van der Waals surface area contributed by atoms with Crippen LogP contribution in [0.1, 0.15) is 5.76 Å². The van der Waals surface area contributed by atoms with Gasteiger partial charge in [0, 0.05) is 12.1 Å². The first-order valence-corrected chi connectivity index (χ1v) is 7.35. The van der Waals surface area contributed by atoms with E-state index in [4.69, 9.17) is 9.15 Å². The van der Waals surface area contributed by atoms with Crippen molar-refractivity contribution in [3.05, 3.63) is 42.3 Å². The minimum Gasteiger partial charge on any atom is -0.440 e. The van der Waals surface area contributed by atoms with Gasteiger partial charge in [0.25, 0.3) is 0 Å². The summed E-state index contributed by atoms with van der Waals surface area (Å²) in [5, 5.41) is 2.91. The second-order valence-electron chi connectivity index (χ2n) is 5.85. The van der Waals surface area contributed by atoms with Gasteiger partial charge in [0.2, 0.25) is 11.8 Å². The van der Waals surface area contributed by atoms with Gasteiger partial charge in [0.15, 0.2) is 0 Å². The van der Waals surface area contributed by atoms with E-state index in [1.54, 1.807) is 6.20 Å². The van der Waals surface area contributed by atoms with Gasteiger partial charge in [0.05, 0.1) is 38.0 Å². The molecule has 1 spiro atoms. The number of benzene rings is 1. The van der Waals surface area contributed by atoms with Crippen LogP contribution < -0.4 is 5.32 Å². The highest BCUT2D eigenvalue weighted by Crippen LogP contribution is 2.29. The van der Waals surface area contributed by atoms with Crippen molar-refractivity contribution in [1.29, 1.82) is 0 Å². The molecular formula is C16H17N3O3. The SMILES string of the molecule is O=C1CN(Cc2cnc(-c3ccccc3)o2)C2(CN1)COC2. The van der Waals surface area contributed by atoms with Gasteiger partial charge in [-0.05, 0) is 12.1 Å². The Kier molecular flexibility index (Phi) is 3.20. The van der Waals surface area contributed by atoms with Crippen molar-refractivity contribution in [2.75, 3.05) is 26.3 Å². The standard InChI is InChI=1S/C16H17N3O3/c20-14-8-19(16(9-18-14)10-21-11-16)7-13-6-17-15(22-13)12-4-2-1-3-5-12/h1-6H,7-11H2,(H,18,20). The lowest BCUT2D eigenvalue weighted by molar-refractivity contribution is -0.165. The number of piperazine rings is 1. The van der Waals surface area contributed by atoms with Crippen LogP contribution >= 0.6 is 0 Å². The van der Waals surface area contributed by atoms with Crippen molar-refractivity contribution in [2.45, 2.75) is 12.1 Å². The van der Waals surface area contributed by atoms with E-state index in [0.29, 0.717) is 38.7 Å². The van der Waals surface area contributed by atoms with Crippen molar-refractivity contribution in [3.63, 3.8) is 0 Å². The van der Waals surface area contributed by atoms with Gasteiger partial charge in [-0.15, -0.1) is 0 Å². The number of hydrogen-bond donors (Lipinski definition) is 1. The molecule has 6 nitrogen and oxygen atoms in total. The van der Waals surface area contributed by atoms with Crippen molar-refractivity contribution in [2.24, 2.45) is 0 Å². The molecule has 6 heteroatoms. The average Bonchev–Trinajstić information content (AvgIpc) is 2.95. The van der Waals surface area contributed by atoms with E-state index in [9.17, 15) is 4.79 Å². The number of hydrogen-bond acceptors (Lipinski definition) is 5. The Morgan fingerprint density at radius 1 is 1.27 bits per heavy atom. The molecule has 114 valence electrons. The third-order valence-electron chi connectivity index (χ3n) is 4.28. The topological polar surface area (TPSA) is 67.6 Å². The maximum Gasteiger partial charge on any atom is 0.234 e. The van der Waals surface area contributed by atoms with Crippen LogP contribution in [0, 0.1) is 0 Å². The summed E-state index contributed by atoms with van der Waals surface area (Å²) in [6, 6.07) is 9.79. The van der Waals surface area contributed by atoms with Gasteiger partial charge < -0.3 is 14.5 Å². The summed E-state index contributed by atoms with van der Waals surface area (Å²) in [7, 11) is 0. The summed E-state index contributed by atoms with van der Waals surface area (Å²) in [6.45, 7) is 2.85. The molecule has 1 N–H and O–H groups in total. The van der Waals surface area contributed by atoms with Crippen LogP contribution in [0.15, 0.2) is 40.9 Å². The molecule has 2 fully saturated rings. The van der Waals surface area contributed by atoms with Crippen LogP contribution in [-0.2, 0) is 16.1 Å². The lowest BCUT2D eigenvalue weighted by Gasteiger charge is -2.51. The summed E-state index contributed by atoms with van der Waals surface area (Å²) in [4.78, 5) is 18.1. The van der Waals surface area contributed by atoms with E-state index in [1.807, 2.05) is 30.3 Å².